The van der Waals surface area contributed by atoms with Crippen LogP contribution in [0.4, 0.5) is 11.8 Å². The standard InChI is InChI=1S/C13H23N5O/c1-9-6-16-13(17-12(9)14)15-4-5-18-7-10(2)19-11(3)8-18/h6,10-11H,4-5,7-8H2,1-3H3,(H3,14,15,16,17). The zero-order valence-corrected chi connectivity index (χ0v) is 11.9. The lowest BCUT2D eigenvalue weighted by Gasteiger charge is -2.35. The Hall–Kier alpha value is -1.40. The van der Waals surface area contributed by atoms with Crippen molar-refractivity contribution in [1.29, 1.82) is 0 Å². The second-order valence-corrected chi connectivity index (χ2v) is 5.21. The van der Waals surface area contributed by atoms with Crippen molar-refractivity contribution in [2.45, 2.75) is 33.0 Å². The molecule has 1 aliphatic rings. The van der Waals surface area contributed by atoms with Crippen molar-refractivity contribution in [2.24, 2.45) is 0 Å². The third-order valence-corrected chi connectivity index (χ3v) is 3.22. The Morgan fingerprint density at radius 2 is 2.11 bits per heavy atom. The van der Waals surface area contributed by atoms with Crippen LogP contribution in [-0.4, -0.2) is 53.3 Å². The number of nitrogens with two attached hydrogens (primary N) is 1. The van der Waals surface area contributed by atoms with E-state index in [9.17, 15) is 0 Å². The van der Waals surface area contributed by atoms with Crippen molar-refractivity contribution < 1.29 is 4.74 Å². The predicted molar refractivity (Wildman–Crippen MR) is 76.1 cm³/mol. The van der Waals surface area contributed by atoms with E-state index in [1.54, 1.807) is 6.20 Å². The Morgan fingerprint density at radius 3 is 2.74 bits per heavy atom. The zero-order chi connectivity index (χ0) is 13.8. The first kappa shape index (κ1) is 14.0. The number of anilines is 2. The Morgan fingerprint density at radius 1 is 1.42 bits per heavy atom. The molecule has 2 rings (SSSR count). The van der Waals surface area contributed by atoms with Crippen molar-refractivity contribution in [3.05, 3.63) is 11.8 Å². The Labute approximate surface area is 114 Å². The third-order valence-electron chi connectivity index (χ3n) is 3.22. The molecular weight excluding hydrogens is 242 g/mol. The van der Waals surface area contributed by atoms with Crippen LogP contribution in [0, 0.1) is 6.92 Å². The second kappa shape index (κ2) is 6.16. The topological polar surface area (TPSA) is 76.3 Å². The predicted octanol–water partition coefficient (Wildman–Crippen LogP) is 0.888. The maximum Gasteiger partial charge on any atom is 0.224 e. The number of hydrogen-bond acceptors (Lipinski definition) is 6. The largest absolute Gasteiger partial charge is 0.383 e. The first-order valence-electron chi connectivity index (χ1n) is 6.75. The molecule has 0 radical (unpaired) electrons. The Kier molecular flexibility index (Phi) is 4.55. The number of nitrogen functional groups attached to an aromatic ring is 1. The highest BCUT2D eigenvalue weighted by Gasteiger charge is 2.21. The van der Waals surface area contributed by atoms with Crippen molar-refractivity contribution >= 4 is 11.8 Å². The highest BCUT2D eigenvalue weighted by Crippen LogP contribution is 2.11. The molecule has 1 fully saturated rings. The number of ether oxygens (including phenoxy) is 1. The Bertz CT molecular complexity index is 415. The summed E-state index contributed by atoms with van der Waals surface area (Å²) in [7, 11) is 0. The first-order valence-corrected chi connectivity index (χ1v) is 6.75. The quantitative estimate of drug-likeness (QED) is 0.842. The molecule has 1 aliphatic heterocycles. The molecule has 19 heavy (non-hydrogen) atoms. The van der Waals surface area contributed by atoms with Gasteiger partial charge in [-0.2, -0.15) is 4.98 Å². The van der Waals surface area contributed by atoms with Crippen molar-refractivity contribution in [3.63, 3.8) is 0 Å². The minimum Gasteiger partial charge on any atom is -0.383 e. The summed E-state index contributed by atoms with van der Waals surface area (Å²) in [4.78, 5) is 10.8. The average molecular weight is 265 g/mol. The number of aromatic nitrogens is 2. The van der Waals surface area contributed by atoms with E-state index in [2.05, 4.69) is 34.0 Å². The minimum atomic E-state index is 0.301. The van der Waals surface area contributed by atoms with Crippen LogP contribution in [0.2, 0.25) is 0 Å². The number of morpholine rings is 1. The lowest BCUT2D eigenvalue weighted by Crippen LogP contribution is -2.46. The van der Waals surface area contributed by atoms with Crippen LogP contribution >= 0.6 is 0 Å². The summed E-state index contributed by atoms with van der Waals surface area (Å²) in [6.07, 6.45) is 2.34. The molecule has 6 heteroatoms. The number of nitrogens with zero attached hydrogens (tertiary/aromatic N) is 3. The third kappa shape index (κ3) is 4.04. The molecule has 2 heterocycles. The van der Waals surface area contributed by atoms with Gasteiger partial charge in [-0.1, -0.05) is 0 Å². The van der Waals surface area contributed by atoms with E-state index in [0.29, 0.717) is 24.0 Å². The van der Waals surface area contributed by atoms with Crippen molar-refractivity contribution in [2.75, 3.05) is 37.2 Å². The Balaban J connectivity index is 1.78. The SMILES string of the molecule is Cc1cnc(NCCN2CC(C)OC(C)C2)nc1N. The minimum absolute atomic E-state index is 0.301. The van der Waals surface area contributed by atoms with E-state index >= 15 is 0 Å². The van der Waals surface area contributed by atoms with Crippen molar-refractivity contribution in [1.82, 2.24) is 14.9 Å². The number of hydrogen-bond donors (Lipinski definition) is 2. The molecule has 6 nitrogen and oxygen atoms in total. The zero-order valence-electron chi connectivity index (χ0n) is 11.9. The maximum absolute atomic E-state index is 5.75. The van der Waals surface area contributed by atoms with E-state index < -0.39 is 0 Å². The smallest absolute Gasteiger partial charge is 0.224 e. The summed E-state index contributed by atoms with van der Waals surface area (Å²) < 4.78 is 5.71. The monoisotopic (exact) mass is 265 g/mol. The second-order valence-electron chi connectivity index (χ2n) is 5.21. The fourth-order valence-electron chi connectivity index (χ4n) is 2.33. The molecule has 1 aromatic rings. The van der Waals surface area contributed by atoms with Crippen LogP contribution in [0.3, 0.4) is 0 Å². The first-order chi connectivity index (χ1) is 9.04. The van der Waals surface area contributed by atoms with Gasteiger partial charge in [0, 0.05) is 37.9 Å². The molecule has 0 saturated carbocycles. The lowest BCUT2D eigenvalue weighted by molar-refractivity contribution is -0.0667. The molecule has 1 saturated heterocycles. The van der Waals surface area contributed by atoms with E-state index in [4.69, 9.17) is 10.5 Å². The van der Waals surface area contributed by atoms with Gasteiger partial charge >= 0.3 is 0 Å². The van der Waals surface area contributed by atoms with Gasteiger partial charge in [0.05, 0.1) is 12.2 Å². The van der Waals surface area contributed by atoms with Gasteiger partial charge in [-0.15, -0.1) is 0 Å². The fourth-order valence-corrected chi connectivity index (χ4v) is 2.33. The molecule has 0 bridgehead atoms. The summed E-state index contributed by atoms with van der Waals surface area (Å²) in [5, 5.41) is 3.20. The van der Waals surface area contributed by atoms with Crippen LogP contribution < -0.4 is 11.1 Å². The molecule has 0 spiro atoms. The summed E-state index contributed by atoms with van der Waals surface area (Å²) in [5.74, 6) is 1.13. The van der Waals surface area contributed by atoms with Gasteiger partial charge < -0.3 is 15.8 Å². The molecule has 106 valence electrons. The molecular formula is C13H23N5O. The summed E-state index contributed by atoms with van der Waals surface area (Å²) >= 11 is 0. The van der Waals surface area contributed by atoms with Crippen molar-refractivity contribution in [3.8, 4) is 0 Å². The molecule has 2 atom stereocenters. The summed E-state index contributed by atoms with van der Waals surface area (Å²) in [6.45, 7) is 9.83. The van der Waals surface area contributed by atoms with E-state index in [1.807, 2.05) is 6.92 Å². The van der Waals surface area contributed by atoms with Gasteiger partial charge in [-0.05, 0) is 20.8 Å². The molecule has 0 amide bonds. The number of nitrogens with one attached hydrogen (secondary N) is 1. The van der Waals surface area contributed by atoms with Gasteiger partial charge in [0.1, 0.15) is 5.82 Å². The number of rotatable bonds is 4. The highest BCUT2D eigenvalue weighted by atomic mass is 16.5. The average Bonchev–Trinajstić information content (AvgIpc) is 2.32. The summed E-state index contributed by atoms with van der Waals surface area (Å²) in [5.41, 5.74) is 6.66. The molecule has 1 aromatic heterocycles. The maximum atomic E-state index is 5.75. The fraction of sp³-hybridized carbons (Fsp3) is 0.692. The van der Waals surface area contributed by atoms with E-state index in [1.165, 1.54) is 0 Å². The van der Waals surface area contributed by atoms with Gasteiger partial charge in [-0.3, -0.25) is 4.90 Å². The van der Waals surface area contributed by atoms with E-state index in [0.717, 1.165) is 31.7 Å². The van der Waals surface area contributed by atoms with E-state index in [-0.39, 0.29) is 0 Å². The highest BCUT2D eigenvalue weighted by molar-refractivity contribution is 5.41. The van der Waals surface area contributed by atoms with Crippen LogP contribution in [0.25, 0.3) is 0 Å². The van der Waals surface area contributed by atoms with Gasteiger partial charge in [0.15, 0.2) is 0 Å². The van der Waals surface area contributed by atoms with Crippen LogP contribution in [0.5, 0.6) is 0 Å². The lowest BCUT2D eigenvalue weighted by atomic mass is 10.2. The van der Waals surface area contributed by atoms with Crippen LogP contribution in [-0.2, 0) is 4.74 Å². The van der Waals surface area contributed by atoms with Gasteiger partial charge in [0.25, 0.3) is 0 Å². The molecule has 0 aliphatic carbocycles. The van der Waals surface area contributed by atoms with Crippen LogP contribution in [0.15, 0.2) is 6.20 Å². The number of aryl methyl sites for hydroxylation is 1. The van der Waals surface area contributed by atoms with Gasteiger partial charge in [-0.25, -0.2) is 4.98 Å². The molecule has 2 unspecified atom stereocenters. The molecule has 3 N–H and O–H groups in total. The normalized spacial score (nSPS) is 24.4. The van der Waals surface area contributed by atoms with Gasteiger partial charge in [0.2, 0.25) is 5.95 Å². The summed E-state index contributed by atoms with van der Waals surface area (Å²) in [6, 6.07) is 0. The van der Waals surface area contributed by atoms with Crippen LogP contribution in [0.1, 0.15) is 19.4 Å². The molecule has 0 aromatic carbocycles.